The molecule has 0 saturated heterocycles. The number of nitro benzene ring substituents is 1. The summed E-state index contributed by atoms with van der Waals surface area (Å²) in [5, 5.41) is 10.8. The Morgan fingerprint density at radius 2 is 2.06 bits per heavy atom. The van der Waals surface area contributed by atoms with E-state index in [1.54, 1.807) is 6.92 Å². The summed E-state index contributed by atoms with van der Waals surface area (Å²) >= 11 is 0. The molecule has 1 aromatic rings. The van der Waals surface area contributed by atoms with Crippen LogP contribution in [0.5, 0.6) is 5.75 Å². The number of carbonyl (C=O) groups excluding carboxylic acids is 1. The van der Waals surface area contributed by atoms with Gasteiger partial charge in [0.2, 0.25) is 0 Å². The Hall–Kier alpha value is -1.91. The molecule has 0 atom stereocenters. The standard InChI is InChI=1S/C12H15NO4/c1-4-10-11(8(3)14)6-9(13(15)16)7-12(10)17-5-2/h6-7H,4-5H2,1-3H3. The van der Waals surface area contributed by atoms with Crippen molar-refractivity contribution >= 4 is 11.5 Å². The summed E-state index contributed by atoms with van der Waals surface area (Å²) in [6.07, 6.45) is 0.599. The Morgan fingerprint density at radius 1 is 1.41 bits per heavy atom. The number of ether oxygens (including phenoxy) is 1. The first kappa shape index (κ1) is 13.2. The van der Waals surface area contributed by atoms with Crippen molar-refractivity contribution in [1.29, 1.82) is 0 Å². The van der Waals surface area contributed by atoms with Gasteiger partial charge in [0.05, 0.1) is 17.6 Å². The molecule has 0 amide bonds. The van der Waals surface area contributed by atoms with Crippen molar-refractivity contribution in [2.24, 2.45) is 0 Å². The van der Waals surface area contributed by atoms with Gasteiger partial charge in [-0.05, 0) is 20.3 Å². The molecule has 0 N–H and O–H groups in total. The first-order valence-electron chi connectivity index (χ1n) is 5.46. The molecule has 0 spiro atoms. The summed E-state index contributed by atoms with van der Waals surface area (Å²) in [5.74, 6) is 0.237. The lowest BCUT2D eigenvalue weighted by molar-refractivity contribution is -0.385. The van der Waals surface area contributed by atoms with Crippen LogP contribution in [0.4, 0.5) is 5.69 Å². The van der Waals surface area contributed by atoms with Crippen LogP contribution in [0.25, 0.3) is 0 Å². The number of non-ortho nitro benzene ring substituents is 1. The van der Waals surface area contributed by atoms with Gasteiger partial charge in [0.25, 0.3) is 5.69 Å². The smallest absolute Gasteiger partial charge is 0.273 e. The monoisotopic (exact) mass is 237 g/mol. The average molecular weight is 237 g/mol. The molecule has 17 heavy (non-hydrogen) atoms. The third-order valence-electron chi connectivity index (χ3n) is 2.44. The summed E-state index contributed by atoms with van der Waals surface area (Å²) in [5.41, 5.74) is 0.978. The van der Waals surface area contributed by atoms with Gasteiger partial charge in [0.15, 0.2) is 5.78 Å². The highest BCUT2D eigenvalue weighted by Gasteiger charge is 2.18. The van der Waals surface area contributed by atoms with Gasteiger partial charge in [-0.15, -0.1) is 0 Å². The van der Waals surface area contributed by atoms with E-state index in [1.165, 1.54) is 19.1 Å². The molecule has 5 heteroatoms. The number of benzene rings is 1. The first-order valence-corrected chi connectivity index (χ1v) is 5.46. The molecule has 0 aromatic heterocycles. The Bertz CT molecular complexity index is 454. The van der Waals surface area contributed by atoms with E-state index < -0.39 is 4.92 Å². The maximum atomic E-state index is 11.5. The highest BCUT2D eigenvalue weighted by molar-refractivity contribution is 5.97. The summed E-state index contributed by atoms with van der Waals surface area (Å²) in [7, 11) is 0. The minimum absolute atomic E-state index is 0.115. The quantitative estimate of drug-likeness (QED) is 0.448. The predicted molar refractivity (Wildman–Crippen MR) is 63.6 cm³/mol. The summed E-state index contributed by atoms with van der Waals surface area (Å²) in [6.45, 7) is 5.49. The Balaban J connectivity index is 3.45. The number of nitro groups is 1. The number of Topliss-reactive ketones (excluding diaryl/α,β-unsaturated/α-hetero) is 1. The number of ketones is 1. The SMILES string of the molecule is CCOc1cc([N+](=O)[O-])cc(C(C)=O)c1CC. The van der Waals surface area contributed by atoms with Crippen LogP contribution in [0.2, 0.25) is 0 Å². The van der Waals surface area contributed by atoms with Gasteiger partial charge in [-0.3, -0.25) is 14.9 Å². The van der Waals surface area contributed by atoms with Crippen molar-refractivity contribution in [3.05, 3.63) is 33.4 Å². The maximum absolute atomic E-state index is 11.5. The van der Waals surface area contributed by atoms with Gasteiger partial charge >= 0.3 is 0 Å². The van der Waals surface area contributed by atoms with Crippen LogP contribution in [0.3, 0.4) is 0 Å². The van der Waals surface area contributed by atoms with Crippen LogP contribution in [-0.2, 0) is 6.42 Å². The van der Waals surface area contributed by atoms with Gasteiger partial charge in [-0.25, -0.2) is 0 Å². The van der Waals surface area contributed by atoms with Gasteiger partial charge in [-0.2, -0.15) is 0 Å². The molecule has 1 rings (SSSR count). The largest absolute Gasteiger partial charge is 0.493 e. The molecule has 0 aliphatic heterocycles. The van der Waals surface area contributed by atoms with Crippen LogP contribution < -0.4 is 4.74 Å². The van der Waals surface area contributed by atoms with Crippen molar-refractivity contribution in [1.82, 2.24) is 0 Å². The lowest BCUT2D eigenvalue weighted by Crippen LogP contribution is -2.05. The van der Waals surface area contributed by atoms with Crippen molar-refractivity contribution in [2.45, 2.75) is 27.2 Å². The Morgan fingerprint density at radius 3 is 2.47 bits per heavy atom. The number of hydrogen-bond donors (Lipinski definition) is 0. The second-order valence-electron chi connectivity index (χ2n) is 3.57. The van der Waals surface area contributed by atoms with Crippen molar-refractivity contribution in [3.63, 3.8) is 0 Å². The van der Waals surface area contributed by atoms with E-state index in [2.05, 4.69) is 0 Å². The second kappa shape index (κ2) is 5.43. The maximum Gasteiger partial charge on any atom is 0.273 e. The van der Waals surface area contributed by atoms with E-state index in [4.69, 9.17) is 4.74 Å². The van der Waals surface area contributed by atoms with Crippen molar-refractivity contribution < 1.29 is 14.5 Å². The Kier molecular flexibility index (Phi) is 4.20. The second-order valence-corrected chi connectivity index (χ2v) is 3.57. The molecule has 92 valence electrons. The van der Waals surface area contributed by atoms with E-state index in [0.717, 1.165) is 5.56 Å². The third kappa shape index (κ3) is 2.81. The molecule has 0 heterocycles. The fourth-order valence-corrected chi connectivity index (χ4v) is 1.70. The molecular weight excluding hydrogens is 222 g/mol. The van der Waals surface area contributed by atoms with Gasteiger partial charge < -0.3 is 4.74 Å². The summed E-state index contributed by atoms with van der Waals surface area (Å²) in [4.78, 5) is 21.7. The van der Waals surface area contributed by atoms with E-state index in [-0.39, 0.29) is 11.5 Å². The van der Waals surface area contributed by atoms with Crippen LogP contribution in [0.1, 0.15) is 36.7 Å². The van der Waals surface area contributed by atoms with Gasteiger partial charge in [0.1, 0.15) is 5.75 Å². The summed E-state index contributed by atoms with van der Waals surface area (Å²) < 4.78 is 5.35. The topological polar surface area (TPSA) is 69.4 Å². The van der Waals surface area contributed by atoms with Crippen LogP contribution >= 0.6 is 0 Å². The molecule has 0 bridgehead atoms. The number of rotatable bonds is 5. The molecule has 0 unspecified atom stereocenters. The fourth-order valence-electron chi connectivity index (χ4n) is 1.70. The number of carbonyl (C=O) groups is 1. The highest BCUT2D eigenvalue weighted by Crippen LogP contribution is 2.29. The lowest BCUT2D eigenvalue weighted by Gasteiger charge is -2.12. The first-order chi connectivity index (χ1) is 8.01. The van der Waals surface area contributed by atoms with Crippen LogP contribution in [0.15, 0.2) is 12.1 Å². The van der Waals surface area contributed by atoms with Gasteiger partial charge in [0, 0.05) is 17.2 Å². The highest BCUT2D eigenvalue weighted by atomic mass is 16.6. The zero-order valence-corrected chi connectivity index (χ0v) is 10.1. The average Bonchev–Trinajstić information content (AvgIpc) is 2.28. The van der Waals surface area contributed by atoms with Crippen LogP contribution in [-0.4, -0.2) is 17.3 Å². The molecular formula is C12H15NO4. The molecule has 0 aliphatic rings. The number of nitrogens with zero attached hydrogens (tertiary/aromatic N) is 1. The molecule has 0 radical (unpaired) electrons. The fraction of sp³-hybridized carbons (Fsp3) is 0.417. The van der Waals surface area contributed by atoms with E-state index in [0.29, 0.717) is 24.3 Å². The van der Waals surface area contributed by atoms with E-state index in [9.17, 15) is 14.9 Å². The van der Waals surface area contributed by atoms with E-state index in [1.807, 2.05) is 6.92 Å². The van der Waals surface area contributed by atoms with Crippen molar-refractivity contribution in [3.8, 4) is 5.75 Å². The van der Waals surface area contributed by atoms with Crippen molar-refractivity contribution in [2.75, 3.05) is 6.61 Å². The minimum Gasteiger partial charge on any atom is -0.493 e. The Labute approximate surface area is 99.5 Å². The van der Waals surface area contributed by atoms with E-state index >= 15 is 0 Å². The molecule has 0 saturated carbocycles. The third-order valence-corrected chi connectivity index (χ3v) is 2.44. The minimum atomic E-state index is -0.519. The normalized spacial score (nSPS) is 10.1. The molecule has 5 nitrogen and oxygen atoms in total. The molecule has 1 aromatic carbocycles. The van der Waals surface area contributed by atoms with Crippen LogP contribution in [0, 0.1) is 10.1 Å². The number of hydrogen-bond acceptors (Lipinski definition) is 4. The van der Waals surface area contributed by atoms with Gasteiger partial charge in [-0.1, -0.05) is 6.92 Å². The zero-order chi connectivity index (χ0) is 13.0. The molecule has 0 fully saturated rings. The molecule has 0 aliphatic carbocycles. The predicted octanol–water partition coefficient (Wildman–Crippen LogP) is 2.76. The summed E-state index contributed by atoms with van der Waals surface area (Å²) in [6, 6.07) is 2.68. The zero-order valence-electron chi connectivity index (χ0n) is 10.1. The lowest BCUT2D eigenvalue weighted by atomic mass is 10.00.